The predicted octanol–water partition coefficient (Wildman–Crippen LogP) is 2.48. The van der Waals surface area contributed by atoms with Gasteiger partial charge in [-0.05, 0) is 28.4 Å². The molecule has 0 aromatic heterocycles. The lowest BCUT2D eigenvalue weighted by molar-refractivity contribution is 0.693. The van der Waals surface area contributed by atoms with E-state index in [0.717, 1.165) is 5.56 Å². The molecular formula is C9H11N5O. The lowest BCUT2D eigenvalue weighted by Crippen LogP contribution is -2.16. The third-order valence-electron chi connectivity index (χ3n) is 1.82. The zero-order valence-electron chi connectivity index (χ0n) is 8.13. The highest BCUT2D eigenvalue weighted by Gasteiger charge is 1.93. The van der Waals surface area contributed by atoms with E-state index < -0.39 is 0 Å². The van der Waals surface area contributed by atoms with Crippen molar-refractivity contribution in [3.8, 4) is 0 Å². The Bertz CT molecular complexity index is 355. The van der Waals surface area contributed by atoms with Crippen molar-refractivity contribution < 1.29 is 0 Å². The second-order valence-corrected chi connectivity index (χ2v) is 2.89. The van der Waals surface area contributed by atoms with Gasteiger partial charge in [0.15, 0.2) is 0 Å². The summed E-state index contributed by atoms with van der Waals surface area (Å²) < 4.78 is 0. The summed E-state index contributed by atoms with van der Waals surface area (Å²) in [6.45, 7) is 1.75. The summed E-state index contributed by atoms with van der Waals surface area (Å²) in [4.78, 5) is 12.8. The van der Waals surface area contributed by atoms with Crippen molar-refractivity contribution in [3.05, 3.63) is 45.2 Å². The smallest absolute Gasteiger partial charge is 0.108 e. The van der Waals surface area contributed by atoms with Gasteiger partial charge in [0.05, 0.1) is 0 Å². The van der Waals surface area contributed by atoms with Gasteiger partial charge in [0.25, 0.3) is 0 Å². The average molecular weight is 205 g/mol. The first-order valence-electron chi connectivity index (χ1n) is 4.50. The lowest BCUT2D eigenvalue weighted by Gasteiger charge is -2.02. The Labute approximate surface area is 86.9 Å². The van der Waals surface area contributed by atoms with Crippen LogP contribution < -0.4 is 5.32 Å². The summed E-state index contributed by atoms with van der Waals surface area (Å²) in [5.41, 5.74) is 9.51. The maximum absolute atomic E-state index is 10.1. The molecule has 0 heterocycles. The fourth-order valence-corrected chi connectivity index (χ4v) is 1.08. The Balaban J connectivity index is 2.31. The molecular weight excluding hydrogens is 194 g/mol. The van der Waals surface area contributed by atoms with Crippen LogP contribution in [0.3, 0.4) is 0 Å². The molecule has 1 N–H and O–H groups in total. The molecule has 6 heteroatoms. The van der Waals surface area contributed by atoms with E-state index in [4.69, 9.17) is 5.53 Å². The molecule has 0 unspecified atom stereocenters. The molecule has 15 heavy (non-hydrogen) atoms. The summed E-state index contributed by atoms with van der Waals surface area (Å²) in [6.07, 6.45) is 0. The van der Waals surface area contributed by atoms with Crippen LogP contribution in [0, 0.1) is 4.91 Å². The number of azide groups is 1. The first-order valence-corrected chi connectivity index (χ1v) is 4.50. The van der Waals surface area contributed by atoms with Gasteiger partial charge in [0.2, 0.25) is 0 Å². The van der Waals surface area contributed by atoms with Gasteiger partial charge in [0.1, 0.15) is 5.69 Å². The summed E-state index contributed by atoms with van der Waals surface area (Å²) in [5.74, 6) is 0. The van der Waals surface area contributed by atoms with E-state index in [1.54, 1.807) is 12.1 Å². The van der Waals surface area contributed by atoms with Crippen LogP contribution in [0.25, 0.3) is 10.4 Å². The van der Waals surface area contributed by atoms with Crippen molar-refractivity contribution >= 4 is 5.69 Å². The Kier molecular flexibility index (Phi) is 4.86. The molecule has 0 aliphatic rings. The minimum atomic E-state index is 0.424. The van der Waals surface area contributed by atoms with Crippen LogP contribution in [0.5, 0.6) is 0 Å². The van der Waals surface area contributed by atoms with E-state index in [2.05, 4.69) is 20.5 Å². The van der Waals surface area contributed by atoms with E-state index in [1.807, 2.05) is 12.1 Å². The summed E-state index contributed by atoms with van der Waals surface area (Å²) in [7, 11) is 0. The van der Waals surface area contributed by atoms with Crippen molar-refractivity contribution in [2.24, 2.45) is 10.3 Å². The Morgan fingerprint density at radius 1 is 1.33 bits per heavy atom. The molecule has 78 valence electrons. The first-order chi connectivity index (χ1) is 7.36. The summed E-state index contributed by atoms with van der Waals surface area (Å²) in [6, 6.07) is 6.99. The Morgan fingerprint density at radius 2 is 2.07 bits per heavy atom. The zero-order chi connectivity index (χ0) is 10.9. The molecule has 0 aliphatic carbocycles. The fourth-order valence-electron chi connectivity index (χ4n) is 1.08. The molecule has 0 amide bonds. The topological polar surface area (TPSA) is 90.2 Å². The van der Waals surface area contributed by atoms with Crippen LogP contribution in [-0.4, -0.2) is 13.1 Å². The molecule has 0 spiro atoms. The standard InChI is InChI=1S/C9H11N5O/c10-14-12-6-5-11-7-8-1-3-9(13-15)4-2-8/h1-4,11H,5-7H2. The fraction of sp³-hybridized carbons (Fsp3) is 0.333. The van der Waals surface area contributed by atoms with Crippen molar-refractivity contribution in [1.82, 2.24) is 5.32 Å². The molecule has 1 aromatic carbocycles. The highest BCUT2D eigenvalue weighted by atomic mass is 16.3. The SMILES string of the molecule is [N-]=[N+]=NCCNCc1ccc(N=O)cc1. The van der Waals surface area contributed by atoms with Gasteiger partial charge in [0, 0.05) is 24.5 Å². The molecule has 1 rings (SSSR count). The van der Waals surface area contributed by atoms with Gasteiger partial charge >= 0.3 is 0 Å². The van der Waals surface area contributed by atoms with E-state index in [0.29, 0.717) is 25.3 Å². The van der Waals surface area contributed by atoms with Crippen LogP contribution in [0.1, 0.15) is 5.56 Å². The largest absolute Gasteiger partial charge is 0.313 e. The average Bonchev–Trinajstić information content (AvgIpc) is 2.30. The van der Waals surface area contributed by atoms with Crippen molar-refractivity contribution in [3.63, 3.8) is 0 Å². The highest BCUT2D eigenvalue weighted by molar-refractivity contribution is 5.38. The Hall–Kier alpha value is -1.91. The van der Waals surface area contributed by atoms with Gasteiger partial charge < -0.3 is 5.32 Å². The summed E-state index contributed by atoms with van der Waals surface area (Å²) in [5, 5.41) is 9.30. The van der Waals surface area contributed by atoms with E-state index in [-0.39, 0.29) is 0 Å². The maximum Gasteiger partial charge on any atom is 0.108 e. The van der Waals surface area contributed by atoms with Crippen LogP contribution in [0.15, 0.2) is 34.6 Å². The molecule has 6 nitrogen and oxygen atoms in total. The number of rotatable bonds is 6. The minimum absolute atomic E-state index is 0.424. The van der Waals surface area contributed by atoms with Crippen LogP contribution in [-0.2, 0) is 6.54 Å². The second-order valence-electron chi connectivity index (χ2n) is 2.89. The first kappa shape index (κ1) is 11.2. The molecule has 0 bridgehead atoms. The number of hydrogen-bond donors (Lipinski definition) is 1. The minimum Gasteiger partial charge on any atom is -0.313 e. The quantitative estimate of drug-likeness (QED) is 0.254. The predicted molar refractivity (Wildman–Crippen MR) is 57.6 cm³/mol. The maximum atomic E-state index is 10.1. The third kappa shape index (κ3) is 4.21. The van der Waals surface area contributed by atoms with Gasteiger partial charge in [-0.25, -0.2) is 0 Å². The number of benzene rings is 1. The molecule has 0 saturated carbocycles. The second kappa shape index (κ2) is 6.53. The molecule has 0 fully saturated rings. The highest BCUT2D eigenvalue weighted by Crippen LogP contribution is 2.11. The number of nitroso groups, excluding NO2 is 1. The van der Waals surface area contributed by atoms with E-state index in [1.165, 1.54) is 0 Å². The van der Waals surface area contributed by atoms with Crippen LogP contribution in [0.2, 0.25) is 0 Å². The van der Waals surface area contributed by atoms with Gasteiger partial charge in [-0.3, -0.25) is 0 Å². The number of hydrogen-bond acceptors (Lipinski definition) is 4. The number of nitrogens with one attached hydrogen (secondary N) is 1. The molecule has 0 saturated heterocycles. The molecule has 0 radical (unpaired) electrons. The van der Waals surface area contributed by atoms with Crippen LogP contribution in [0.4, 0.5) is 5.69 Å². The van der Waals surface area contributed by atoms with Crippen molar-refractivity contribution in [2.75, 3.05) is 13.1 Å². The van der Waals surface area contributed by atoms with Crippen LogP contribution >= 0.6 is 0 Å². The lowest BCUT2D eigenvalue weighted by atomic mass is 10.2. The van der Waals surface area contributed by atoms with E-state index >= 15 is 0 Å². The molecule has 0 atom stereocenters. The normalized spacial score (nSPS) is 9.33. The molecule has 1 aromatic rings. The van der Waals surface area contributed by atoms with Gasteiger partial charge in [-0.2, -0.15) is 0 Å². The third-order valence-corrected chi connectivity index (χ3v) is 1.82. The molecule has 0 aliphatic heterocycles. The van der Waals surface area contributed by atoms with Gasteiger partial charge in [-0.15, -0.1) is 4.91 Å². The zero-order valence-corrected chi connectivity index (χ0v) is 8.13. The van der Waals surface area contributed by atoms with Crippen molar-refractivity contribution in [1.29, 1.82) is 0 Å². The van der Waals surface area contributed by atoms with Crippen molar-refractivity contribution in [2.45, 2.75) is 6.54 Å². The Morgan fingerprint density at radius 3 is 2.67 bits per heavy atom. The van der Waals surface area contributed by atoms with Gasteiger partial charge in [-0.1, -0.05) is 17.2 Å². The summed E-state index contributed by atoms with van der Waals surface area (Å²) >= 11 is 0. The monoisotopic (exact) mass is 205 g/mol. The van der Waals surface area contributed by atoms with E-state index in [9.17, 15) is 4.91 Å². The number of nitrogens with zero attached hydrogens (tertiary/aromatic N) is 4.